The average Bonchev–Trinajstić information content (AvgIpc) is 2.47. The molecule has 112 valence electrons. The first-order valence-electron chi connectivity index (χ1n) is 6.64. The van der Waals surface area contributed by atoms with Gasteiger partial charge in [-0.2, -0.15) is 0 Å². The van der Waals surface area contributed by atoms with Crippen molar-refractivity contribution < 1.29 is 9.13 Å². The van der Waals surface area contributed by atoms with Crippen LogP contribution in [0.5, 0.6) is 5.75 Å². The first-order chi connectivity index (χ1) is 10.0. The Morgan fingerprint density at radius 3 is 2.48 bits per heavy atom. The average molecular weight is 373 g/mol. The molecule has 2 aromatic rings. The molecule has 2 N–H and O–H groups in total. The van der Waals surface area contributed by atoms with E-state index in [0.29, 0.717) is 5.75 Å². The number of nitrogens with two attached hydrogens (primary N) is 1. The van der Waals surface area contributed by atoms with Crippen LogP contribution in [0.4, 0.5) is 4.39 Å². The third kappa shape index (κ3) is 4.19. The van der Waals surface area contributed by atoms with Gasteiger partial charge in [-0.15, -0.1) is 0 Å². The second-order valence-corrected chi connectivity index (χ2v) is 6.06. The molecule has 21 heavy (non-hydrogen) atoms. The second-order valence-electron chi connectivity index (χ2n) is 4.74. The molecule has 5 heteroatoms. The third-order valence-electron chi connectivity index (χ3n) is 3.21. The van der Waals surface area contributed by atoms with Gasteiger partial charge in [0.05, 0.1) is 5.02 Å². The predicted octanol–water partition coefficient (Wildman–Crippen LogP) is 5.10. The summed E-state index contributed by atoms with van der Waals surface area (Å²) >= 11 is 9.42. The van der Waals surface area contributed by atoms with Gasteiger partial charge in [-0.3, -0.25) is 0 Å². The lowest BCUT2D eigenvalue weighted by Gasteiger charge is -2.25. The van der Waals surface area contributed by atoms with Gasteiger partial charge in [0.2, 0.25) is 0 Å². The summed E-state index contributed by atoms with van der Waals surface area (Å²) in [4.78, 5) is 0. The molecular weight excluding hydrogens is 357 g/mol. The van der Waals surface area contributed by atoms with Gasteiger partial charge >= 0.3 is 0 Å². The van der Waals surface area contributed by atoms with Crippen molar-refractivity contribution in [2.45, 2.75) is 25.5 Å². The Kier molecular flexibility index (Phi) is 5.62. The maximum Gasteiger partial charge on any atom is 0.139 e. The zero-order valence-electron chi connectivity index (χ0n) is 11.5. The molecule has 0 aliphatic carbocycles. The minimum atomic E-state index is -0.396. The van der Waals surface area contributed by atoms with Crippen LogP contribution in [0.25, 0.3) is 0 Å². The normalized spacial score (nSPS) is 13.8. The van der Waals surface area contributed by atoms with Crippen LogP contribution in [0.3, 0.4) is 0 Å². The Morgan fingerprint density at radius 1 is 1.24 bits per heavy atom. The van der Waals surface area contributed by atoms with Gasteiger partial charge in [0.1, 0.15) is 17.7 Å². The molecule has 2 nitrogen and oxygen atoms in total. The topological polar surface area (TPSA) is 35.2 Å². The van der Waals surface area contributed by atoms with Gasteiger partial charge in [0.25, 0.3) is 0 Å². The standard InChI is InChI=1S/C16H16BrClFNO/c1-2-14(20)16(10-3-5-11(17)6-4-10)21-15-8-7-12(19)9-13(15)18/h3-9,14,16H,2,20H2,1H3. The number of ether oxygens (including phenoxy) is 1. The van der Waals surface area contributed by atoms with E-state index in [1.54, 1.807) is 0 Å². The highest BCUT2D eigenvalue weighted by molar-refractivity contribution is 9.10. The highest BCUT2D eigenvalue weighted by atomic mass is 79.9. The lowest BCUT2D eigenvalue weighted by molar-refractivity contribution is 0.171. The molecule has 0 heterocycles. The SMILES string of the molecule is CCC(N)C(Oc1ccc(F)cc1Cl)c1ccc(Br)cc1. The Balaban J connectivity index is 2.30. The van der Waals surface area contributed by atoms with Crippen LogP contribution in [0, 0.1) is 5.82 Å². The van der Waals surface area contributed by atoms with E-state index in [9.17, 15) is 4.39 Å². The molecule has 0 amide bonds. The van der Waals surface area contributed by atoms with E-state index in [1.165, 1.54) is 18.2 Å². The minimum Gasteiger partial charge on any atom is -0.483 e. The minimum absolute atomic E-state index is 0.188. The van der Waals surface area contributed by atoms with Crippen molar-refractivity contribution in [3.63, 3.8) is 0 Å². The summed E-state index contributed by atoms with van der Waals surface area (Å²) < 4.78 is 20.0. The summed E-state index contributed by atoms with van der Waals surface area (Å²) in [5.74, 6) is 0.0298. The zero-order valence-corrected chi connectivity index (χ0v) is 13.9. The number of benzene rings is 2. The molecule has 2 atom stereocenters. The lowest BCUT2D eigenvalue weighted by Crippen LogP contribution is -2.31. The smallest absolute Gasteiger partial charge is 0.139 e. The van der Waals surface area contributed by atoms with E-state index in [2.05, 4.69) is 15.9 Å². The number of hydrogen-bond acceptors (Lipinski definition) is 2. The van der Waals surface area contributed by atoms with Crippen LogP contribution in [-0.4, -0.2) is 6.04 Å². The van der Waals surface area contributed by atoms with Crippen molar-refractivity contribution in [2.24, 2.45) is 5.73 Å². The molecule has 2 aromatic carbocycles. The molecular formula is C16H16BrClFNO. The Morgan fingerprint density at radius 2 is 1.90 bits per heavy atom. The fourth-order valence-electron chi connectivity index (χ4n) is 1.98. The van der Waals surface area contributed by atoms with Crippen LogP contribution in [0.1, 0.15) is 25.0 Å². The van der Waals surface area contributed by atoms with Crippen molar-refractivity contribution >= 4 is 27.5 Å². The molecule has 0 bridgehead atoms. The largest absolute Gasteiger partial charge is 0.483 e. The Labute approximate surface area is 137 Å². The fourth-order valence-corrected chi connectivity index (χ4v) is 2.45. The lowest BCUT2D eigenvalue weighted by atomic mass is 10.0. The molecule has 0 radical (unpaired) electrons. The first-order valence-corrected chi connectivity index (χ1v) is 7.81. The van der Waals surface area contributed by atoms with Crippen molar-refractivity contribution in [1.29, 1.82) is 0 Å². The highest BCUT2D eigenvalue weighted by Crippen LogP contribution is 2.31. The summed E-state index contributed by atoms with van der Waals surface area (Å²) in [5.41, 5.74) is 7.11. The molecule has 0 saturated carbocycles. The van der Waals surface area contributed by atoms with Crippen molar-refractivity contribution in [1.82, 2.24) is 0 Å². The van der Waals surface area contributed by atoms with Gasteiger partial charge < -0.3 is 10.5 Å². The molecule has 0 aliphatic rings. The molecule has 2 rings (SSSR count). The van der Waals surface area contributed by atoms with Gasteiger partial charge in [-0.05, 0) is 42.3 Å². The van der Waals surface area contributed by atoms with E-state index in [1.807, 2.05) is 31.2 Å². The number of halogens is 3. The van der Waals surface area contributed by atoms with E-state index >= 15 is 0 Å². The fraction of sp³-hybridized carbons (Fsp3) is 0.250. The summed E-state index contributed by atoms with van der Waals surface area (Å²) in [6.07, 6.45) is 0.408. The summed E-state index contributed by atoms with van der Waals surface area (Å²) in [5, 5.41) is 0.236. The zero-order chi connectivity index (χ0) is 15.4. The number of hydrogen-bond donors (Lipinski definition) is 1. The Hall–Kier alpha value is -1.10. The van der Waals surface area contributed by atoms with Gasteiger partial charge in [0.15, 0.2) is 0 Å². The highest BCUT2D eigenvalue weighted by Gasteiger charge is 2.21. The van der Waals surface area contributed by atoms with Crippen LogP contribution >= 0.6 is 27.5 Å². The van der Waals surface area contributed by atoms with Gasteiger partial charge in [-0.25, -0.2) is 4.39 Å². The quantitative estimate of drug-likeness (QED) is 0.792. The summed E-state index contributed by atoms with van der Waals surface area (Å²) in [6.45, 7) is 1.99. The van der Waals surface area contributed by atoms with Crippen molar-refractivity contribution in [3.05, 3.63) is 63.3 Å². The first kappa shape index (κ1) is 16.3. The van der Waals surface area contributed by atoms with Crippen molar-refractivity contribution in [2.75, 3.05) is 0 Å². The van der Waals surface area contributed by atoms with E-state index < -0.39 is 5.82 Å². The summed E-state index contributed by atoms with van der Waals surface area (Å²) in [7, 11) is 0. The third-order valence-corrected chi connectivity index (χ3v) is 4.03. The molecule has 0 aliphatic heterocycles. The molecule has 0 aromatic heterocycles. The maximum atomic E-state index is 13.1. The second kappa shape index (κ2) is 7.25. The van der Waals surface area contributed by atoms with E-state index in [0.717, 1.165) is 16.5 Å². The van der Waals surface area contributed by atoms with Gasteiger partial charge in [-0.1, -0.05) is 46.6 Å². The number of rotatable bonds is 5. The monoisotopic (exact) mass is 371 g/mol. The molecule has 2 unspecified atom stereocenters. The van der Waals surface area contributed by atoms with Crippen LogP contribution < -0.4 is 10.5 Å². The van der Waals surface area contributed by atoms with E-state index in [4.69, 9.17) is 22.1 Å². The molecule has 0 saturated heterocycles. The predicted molar refractivity (Wildman–Crippen MR) is 87.2 cm³/mol. The summed E-state index contributed by atoms with van der Waals surface area (Å²) in [6, 6.07) is 11.6. The van der Waals surface area contributed by atoms with Crippen molar-refractivity contribution in [3.8, 4) is 5.75 Å². The van der Waals surface area contributed by atoms with E-state index in [-0.39, 0.29) is 17.2 Å². The molecule has 0 fully saturated rings. The van der Waals surface area contributed by atoms with Gasteiger partial charge in [0, 0.05) is 10.5 Å². The Bertz CT molecular complexity index is 606. The maximum absolute atomic E-state index is 13.1. The van der Waals surface area contributed by atoms with Crippen LogP contribution in [-0.2, 0) is 0 Å². The van der Waals surface area contributed by atoms with Crippen LogP contribution in [0.2, 0.25) is 5.02 Å². The molecule has 0 spiro atoms. The van der Waals surface area contributed by atoms with Crippen LogP contribution in [0.15, 0.2) is 46.9 Å².